The van der Waals surface area contributed by atoms with Gasteiger partial charge in [-0.2, -0.15) is 5.10 Å². The average molecular weight is 226 g/mol. The number of nitrogens with one attached hydrogen (secondary N) is 2. The van der Waals surface area contributed by atoms with Gasteiger partial charge in [-0.1, -0.05) is 12.2 Å². The number of aromatic amines is 1. The van der Waals surface area contributed by atoms with Crippen LogP contribution in [0.4, 0.5) is 0 Å². The number of aryl methyl sites for hydroxylation is 1. The van der Waals surface area contributed by atoms with Crippen LogP contribution in [0.3, 0.4) is 0 Å². The van der Waals surface area contributed by atoms with Crippen molar-refractivity contribution in [1.82, 2.24) is 15.5 Å². The Kier molecular flexibility index (Phi) is 3.79. The average Bonchev–Trinajstić information content (AvgIpc) is 2.59. The van der Waals surface area contributed by atoms with E-state index in [1.165, 1.54) is 0 Å². The number of hydrogen-bond donors (Lipinski definition) is 3. The van der Waals surface area contributed by atoms with Crippen LogP contribution in [0.1, 0.15) is 18.2 Å². The Morgan fingerprint density at radius 2 is 2.47 bits per heavy atom. The van der Waals surface area contributed by atoms with E-state index in [9.17, 15) is 4.79 Å². The Balaban J connectivity index is 2.48. The van der Waals surface area contributed by atoms with Gasteiger partial charge in [-0.05, 0) is 13.8 Å². The standard InChI is InChI=1S/C9H14N4OS/c1-5(8(10)15)9(14)11-3-7-4-12-13-6(7)2/h4-5H,3H2,1-2H3,(H2,10,15)(H,11,14)(H,12,13). The Morgan fingerprint density at radius 1 is 1.80 bits per heavy atom. The topological polar surface area (TPSA) is 83.8 Å². The molecule has 1 rings (SSSR count). The normalized spacial score (nSPS) is 12.1. The maximum Gasteiger partial charge on any atom is 0.229 e. The molecule has 0 aliphatic rings. The van der Waals surface area contributed by atoms with Gasteiger partial charge in [-0.25, -0.2) is 0 Å². The molecule has 1 aromatic rings. The Hall–Kier alpha value is -1.43. The lowest BCUT2D eigenvalue weighted by molar-refractivity contribution is -0.122. The van der Waals surface area contributed by atoms with E-state index in [0.717, 1.165) is 11.3 Å². The molecule has 0 aromatic carbocycles. The van der Waals surface area contributed by atoms with E-state index in [-0.39, 0.29) is 10.9 Å². The van der Waals surface area contributed by atoms with Crippen molar-refractivity contribution >= 4 is 23.1 Å². The van der Waals surface area contributed by atoms with Crippen molar-refractivity contribution in [1.29, 1.82) is 0 Å². The molecule has 1 amide bonds. The number of nitrogens with zero attached hydrogens (tertiary/aromatic N) is 1. The van der Waals surface area contributed by atoms with Crippen LogP contribution in [0.2, 0.25) is 0 Å². The first-order valence-electron chi connectivity index (χ1n) is 4.58. The summed E-state index contributed by atoms with van der Waals surface area (Å²) in [6.45, 7) is 4.01. The molecule has 5 nitrogen and oxygen atoms in total. The first-order chi connectivity index (χ1) is 7.02. The lowest BCUT2D eigenvalue weighted by Gasteiger charge is -2.09. The molecule has 1 heterocycles. The zero-order valence-corrected chi connectivity index (χ0v) is 9.52. The fraction of sp³-hybridized carbons (Fsp3) is 0.444. The van der Waals surface area contributed by atoms with E-state index >= 15 is 0 Å². The largest absolute Gasteiger partial charge is 0.393 e. The van der Waals surface area contributed by atoms with Crippen molar-refractivity contribution in [2.45, 2.75) is 20.4 Å². The lowest BCUT2D eigenvalue weighted by Crippen LogP contribution is -2.35. The molecule has 6 heteroatoms. The van der Waals surface area contributed by atoms with E-state index in [1.807, 2.05) is 6.92 Å². The molecular weight excluding hydrogens is 212 g/mol. The summed E-state index contributed by atoms with van der Waals surface area (Å²) in [5.41, 5.74) is 7.27. The molecule has 0 aliphatic heterocycles. The monoisotopic (exact) mass is 226 g/mol. The summed E-state index contributed by atoms with van der Waals surface area (Å²) in [4.78, 5) is 11.7. The van der Waals surface area contributed by atoms with Crippen LogP contribution < -0.4 is 11.1 Å². The summed E-state index contributed by atoms with van der Waals surface area (Å²) >= 11 is 4.73. The highest BCUT2D eigenvalue weighted by Crippen LogP contribution is 2.02. The van der Waals surface area contributed by atoms with Crippen molar-refractivity contribution in [3.63, 3.8) is 0 Å². The molecule has 0 aliphatic carbocycles. The van der Waals surface area contributed by atoms with Crippen LogP contribution in [-0.2, 0) is 11.3 Å². The summed E-state index contributed by atoms with van der Waals surface area (Å²) in [5.74, 6) is -0.602. The van der Waals surface area contributed by atoms with E-state index in [0.29, 0.717) is 6.54 Å². The summed E-state index contributed by atoms with van der Waals surface area (Å²) in [5, 5.41) is 9.39. The van der Waals surface area contributed by atoms with E-state index in [4.69, 9.17) is 18.0 Å². The van der Waals surface area contributed by atoms with Gasteiger partial charge in [0.25, 0.3) is 0 Å². The summed E-state index contributed by atoms with van der Waals surface area (Å²) in [7, 11) is 0. The first kappa shape index (κ1) is 11.6. The number of rotatable bonds is 4. The van der Waals surface area contributed by atoms with Gasteiger partial charge in [0.15, 0.2) is 0 Å². The Morgan fingerprint density at radius 3 is 2.93 bits per heavy atom. The number of thiocarbonyl (C=S) groups is 1. The number of hydrogen-bond acceptors (Lipinski definition) is 3. The summed E-state index contributed by atoms with van der Waals surface area (Å²) in [6.07, 6.45) is 1.68. The van der Waals surface area contributed by atoms with Crippen LogP contribution >= 0.6 is 12.2 Å². The first-order valence-corrected chi connectivity index (χ1v) is 4.99. The van der Waals surface area contributed by atoms with Gasteiger partial charge in [-0.3, -0.25) is 9.89 Å². The van der Waals surface area contributed by atoms with Gasteiger partial charge in [0.05, 0.1) is 17.1 Å². The second-order valence-electron chi connectivity index (χ2n) is 3.36. The third-order valence-electron chi connectivity index (χ3n) is 2.21. The molecule has 0 radical (unpaired) electrons. The third kappa shape index (κ3) is 3.02. The van der Waals surface area contributed by atoms with E-state index in [2.05, 4.69) is 15.5 Å². The van der Waals surface area contributed by atoms with Crippen LogP contribution in [-0.4, -0.2) is 21.1 Å². The molecule has 0 fully saturated rings. The van der Waals surface area contributed by atoms with Gasteiger partial charge in [0.2, 0.25) is 5.91 Å². The van der Waals surface area contributed by atoms with Gasteiger partial charge in [0.1, 0.15) is 0 Å². The predicted octanol–water partition coefficient (Wildman–Crippen LogP) is 0.257. The van der Waals surface area contributed by atoms with E-state index in [1.54, 1.807) is 13.1 Å². The molecule has 0 saturated carbocycles. The number of amides is 1. The number of carbonyl (C=O) groups is 1. The van der Waals surface area contributed by atoms with Crippen LogP contribution in [0.25, 0.3) is 0 Å². The summed E-state index contributed by atoms with van der Waals surface area (Å²) < 4.78 is 0. The number of carbonyl (C=O) groups excluding carboxylic acids is 1. The predicted molar refractivity (Wildman–Crippen MR) is 61.1 cm³/mol. The summed E-state index contributed by atoms with van der Waals surface area (Å²) in [6, 6.07) is 0. The quantitative estimate of drug-likeness (QED) is 0.643. The fourth-order valence-corrected chi connectivity index (χ4v) is 1.13. The van der Waals surface area contributed by atoms with Crippen molar-refractivity contribution < 1.29 is 4.79 Å². The third-order valence-corrected chi connectivity index (χ3v) is 2.56. The second-order valence-corrected chi connectivity index (χ2v) is 3.83. The zero-order valence-electron chi connectivity index (χ0n) is 8.70. The Labute approximate surface area is 93.4 Å². The molecule has 0 bridgehead atoms. The van der Waals surface area contributed by atoms with Gasteiger partial charge in [0, 0.05) is 17.8 Å². The smallest absolute Gasteiger partial charge is 0.229 e. The SMILES string of the molecule is Cc1[nH]ncc1CNC(=O)C(C)C(N)=S. The molecule has 0 saturated heterocycles. The molecule has 1 aromatic heterocycles. The molecule has 15 heavy (non-hydrogen) atoms. The van der Waals surface area contributed by atoms with Crippen LogP contribution in [0, 0.1) is 12.8 Å². The molecular formula is C9H14N4OS. The number of aromatic nitrogens is 2. The highest BCUT2D eigenvalue weighted by atomic mass is 32.1. The molecule has 1 unspecified atom stereocenters. The molecule has 4 N–H and O–H groups in total. The maximum atomic E-state index is 11.5. The number of nitrogens with two attached hydrogens (primary N) is 1. The second kappa shape index (κ2) is 4.88. The van der Waals surface area contributed by atoms with Crippen molar-refractivity contribution in [2.24, 2.45) is 11.7 Å². The van der Waals surface area contributed by atoms with Gasteiger partial charge >= 0.3 is 0 Å². The zero-order chi connectivity index (χ0) is 11.4. The maximum absolute atomic E-state index is 11.5. The van der Waals surface area contributed by atoms with E-state index < -0.39 is 5.92 Å². The minimum absolute atomic E-state index is 0.164. The van der Waals surface area contributed by atoms with Crippen molar-refractivity contribution in [3.05, 3.63) is 17.5 Å². The molecule has 0 spiro atoms. The highest BCUT2D eigenvalue weighted by molar-refractivity contribution is 7.80. The van der Waals surface area contributed by atoms with Crippen molar-refractivity contribution in [3.8, 4) is 0 Å². The number of H-pyrrole nitrogens is 1. The van der Waals surface area contributed by atoms with Gasteiger partial charge in [-0.15, -0.1) is 0 Å². The Bertz CT molecular complexity index is 374. The molecule has 1 atom stereocenters. The van der Waals surface area contributed by atoms with Gasteiger partial charge < -0.3 is 11.1 Å². The highest BCUT2D eigenvalue weighted by Gasteiger charge is 2.15. The lowest BCUT2D eigenvalue weighted by atomic mass is 10.1. The van der Waals surface area contributed by atoms with Crippen LogP contribution in [0.5, 0.6) is 0 Å². The van der Waals surface area contributed by atoms with Crippen molar-refractivity contribution in [2.75, 3.05) is 0 Å². The minimum atomic E-state index is -0.438. The van der Waals surface area contributed by atoms with Crippen LogP contribution in [0.15, 0.2) is 6.20 Å². The minimum Gasteiger partial charge on any atom is -0.393 e. The molecule has 82 valence electrons. The fourth-order valence-electron chi connectivity index (χ4n) is 1.02.